The molecule has 10 heteroatoms. The Hall–Kier alpha value is -3.34. The first-order valence-corrected chi connectivity index (χ1v) is 12.6. The van der Waals surface area contributed by atoms with Crippen LogP contribution in [-0.4, -0.2) is 60.1 Å². The molecule has 0 bridgehead atoms. The third-order valence-electron chi connectivity index (χ3n) is 6.19. The minimum Gasteiger partial charge on any atom is -0.379 e. The highest BCUT2D eigenvalue weighted by Gasteiger charge is 2.24. The van der Waals surface area contributed by atoms with Gasteiger partial charge in [-0.05, 0) is 36.8 Å². The summed E-state index contributed by atoms with van der Waals surface area (Å²) in [4.78, 5) is 20.2. The number of aryl methyl sites for hydroxylation is 1. The van der Waals surface area contributed by atoms with Crippen LogP contribution in [0.3, 0.4) is 0 Å². The number of morpholine rings is 1. The van der Waals surface area contributed by atoms with Crippen molar-refractivity contribution in [1.29, 1.82) is 5.41 Å². The lowest BCUT2D eigenvalue weighted by Gasteiger charge is -2.27. The maximum atomic E-state index is 13.5. The normalized spacial score (nSPS) is 15.2. The molecule has 1 N–H and O–H groups in total. The van der Waals surface area contributed by atoms with Crippen molar-refractivity contribution in [1.82, 2.24) is 18.9 Å². The number of fused-ring (bicyclic) bond motifs is 2. The van der Waals surface area contributed by atoms with E-state index in [0.29, 0.717) is 37.6 Å². The number of benzene rings is 1. The minimum absolute atomic E-state index is 0.0762. The van der Waals surface area contributed by atoms with Gasteiger partial charge in [-0.25, -0.2) is 13.4 Å². The largest absolute Gasteiger partial charge is 0.379 e. The Balaban J connectivity index is 1.77. The van der Waals surface area contributed by atoms with Crippen LogP contribution in [0.25, 0.3) is 16.7 Å². The molecule has 0 amide bonds. The molecule has 0 aliphatic carbocycles. The quantitative estimate of drug-likeness (QED) is 0.436. The Labute approximate surface area is 196 Å². The number of nitrogens with zero attached hydrogens (tertiary/aromatic N) is 4. The average Bonchev–Trinajstić information content (AvgIpc) is 2.85. The van der Waals surface area contributed by atoms with Crippen LogP contribution in [-0.2, 0) is 21.1 Å². The number of pyridine rings is 2. The van der Waals surface area contributed by atoms with E-state index in [9.17, 15) is 13.2 Å². The van der Waals surface area contributed by atoms with Crippen LogP contribution >= 0.6 is 0 Å². The molecule has 1 aliphatic heterocycles. The molecule has 4 heterocycles. The van der Waals surface area contributed by atoms with Crippen LogP contribution in [0.5, 0.6) is 0 Å². The molecule has 4 aromatic rings. The first kappa shape index (κ1) is 22.5. The van der Waals surface area contributed by atoms with Crippen molar-refractivity contribution >= 4 is 26.5 Å². The van der Waals surface area contributed by atoms with Gasteiger partial charge >= 0.3 is 0 Å². The molecule has 1 aliphatic rings. The standard InChI is InChI=1S/C24H25N5O4S/c1-17-6-5-9-29-22(17)26-23-19(24(29)30)16-20(34(31,32)18-7-3-2-4-8-18)21(25)28(23)11-10-27-12-14-33-15-13-27/h2-9,16,25H,10-15H2,1H3. The molecule has 3 aromatic heterocycles. The second-order valence-corrected chi connectivity index (χ2v) is 10.2. The lowest BCUT2D eigenvalue weighted by atomic mass is 10.2. The molecule has 1 saturated heterocycles. The van der Waals surface area contributed by atoms with E-state index in [-0.39, 0.29) is 26.2 Å². The molecule has 1 aromatic carbocycles. The summed E-state index contributed by atoms with van der Waals surface area (Å²) in [6.07, 6.45) is 1.62. The second kappa shape index (κ2) is 8.79. The number of sulfone groups is 1. The predicted octanol–water partition coefficient (Wildman–Crippen LogP) is 1.60. The van der Waals surface area contributed by atoms with Crippen LogP contribution in [0, 0.1) is 12.3 Å². The van der Waals surface area contributed by atoms with Crippen LogP contribution in [0.15, 0.2) is 69.3 Å². The van der Waals surface area contributed by atoms with Crippen LogP contribution in [0.2, 0.25) is 0 Å². The van der Waals surface area contributed by atoms with E-state index in [4.69, 9.17) is 15.1 Å². The average molecular weight is 480 g/mol. The van der Waals surface area contributed by atoms with Crippen LogP contribution < -0.4 is 11.0 Å². The lowest BCUT2D eigenvalue weighted by Crippen LogP contribution is -2.40. The number of ether oxygens (including phenoxy) is 1. The van der Waals surface area contributed by atoms with Gasteiger partial charge in [-0.3, -0.25) is 19.5 Å². The molecule has 176 valence electrons. The van der Waals surface area contributed by atoms with Crippen molar-refractivity contribution in [3.05, 3.63) is 76.1 Å². The highest BCUT2D eigenvalue weighted by Crippen LogP contribution is 2.21. The monoisotopic (exact) mass is 479 g/mol. The van der Waals surface area contributed by atoms with E-state index in [1.54, 1.807) is 35.0 Å². The number of aromatic nitrogens is 3. The van der Waals surface area contributed by atoms with E-state index < -0.39 is 9.84 Å². The van der Waals surface area contributed by atoms with Crippen molar-refractivity contribution in [3.8, 4) is 0 Å². The summed E-state index contributed by atoms with van der Waals surface area (Å²) < 4.78 is 35.4. The third kappa shape index (κ3) is 3.83. The second-order valence-electron chi connectivity index (χ2n) is 8.32. The smallest absolute Gasteiger partial charge is 0.267 e. The van der Waals surface area contributed by atoms with Crippen molar-refractivity contribution in [2.24, 2.45) is 0 Å². The Kier molecular flexibility index (Phi) is 5.80. The Morgan fingerprint density at radius 2 is 1.76 bits per heavy atom. The SMILES string of the molecule is Cc1cccn2c(=O)c3cc(S(=O)(=O)c4ccccc4)c(=N)n(CCN4CCOCC4)c3nc12. The van der Waals surface area contributed by atoms with Gasteiger partial charge in [-0.1, -0.05) is 24.3 Å². The zero-order valence-corrected chi connectivity index (χ0v) is 19.6. The number of hydrogen-bond donors (Lipinski definition) is 1. The third-order valence-corrected chi connectivity index (χ3v) is 7.97. The van der Waals surface area contributed by atoms with Gasteiger partial charge in [0.15, 0.2) is 0 Å². The molecular formula is C24H25N5O4S. The molecule has 9 nitrogen and oxygen atoms in total. The van der Waals surface area contributed by atoms with Gasteiger partial charge in [0.1, 0.15) is 21.7 Å². The fraction of sp³-hybridized carbons (Fsp3) is 0.292. The van der Waals surface area contributed by atoms with Gasteiger partial charge in [0.2, 0.25) is 9.84 Å². The first-order chi connectivity index (χ1) is 16.4. The van der Waals surface area contributed by atoms with Crippen molar-refractivity contribution in [3.63, 3.8) is 0 Å². The molecule has 34 heavy (non-hydrogen) atoms. The number of nitrogens with one attached hydrogen (secondary N) is 1. The van der Waals surface area contributed by atoms with Gasteiger partial charge in [0.25, 0.3) is 5.56 Å². The first-order valence-electron chi connectivity index (χ1n) is 11.1. The lowest BCUT2D eigenvalue weighted by molar-refractivity contribution is 0.0363. The van der Waals surface area contributed by atoms with E-state index in [1.165, 1.54) is 22.6 Å². The molecule has 1 fully saturated rings. The fourth-order valence-corrected chi connectivity index (χ4v) is 5.69. The molecular weight excluding hydrogens is 454 g/mol. The van der Waals surface area contributed by atoms with Crippen LogP contribution in [0.1, 0.15) is 5.56 Å². The van der Waals surface area contributed by atoms with Gasteiger partial charge in [0.05, 0.1) is 23.5 Å². The molecule has 0 spiro atoms. The summed E-state index contributed by atoms with van der Waals surface area (Å²) in [6.45, 7) is 5.54. The zero-order chi connectivity index (χ0) is 23.9. The van der Waals surface area contributed by atoms with Gasteiger partial charge in [-0.2, -0.15) is 0 Å². The van der Waals surface area contributed by atoms with E-state index in [0.717, 1.165) is 18.7 Å². The maximum absolute atomic E-state index is 13.5. The Morgan fingerprint density at radius 1 is 1.03 bits per heavy atom. The highest BCUT2D eigenvalue weighted by molar-refractivity contribution is 7.91. The maximum Gasteiger partial charge on any atom is 0.267 e. The van der Waals surface area contributed by atoms with Crippen molar-refractivity contribution in [2.45, 2.75) is 23.3 Å². The molecule has 0 unspecified atom stereocenters. The van der Waals surface area contributed by atoms with Crippen molar-refractivity contribution in [2.75, 3.05) is 32.8 Å². The summed E-state index contributed by atoms with van der Waals surface area (Å²) in [5, 5.41) is 9.04. The highest BCUT2D eigenvalue weighted by atomic mass is 32.2. The fourth-order valence-electron chi connectivity index (χ4n) is 4.29. The summed E-state index contributed by atoms with van der Waals surface area (Å²) in [5.74, 6) is 0. The van der Waals surface area contributed by atoms with Crippen molar-refractivity contribution < 1.29 is 13.2 Å². The van der Waals surface area contributed by atoms with Gasteiger partial charge in [0, 0.05) is 32.4 Å². The number of hydrogen-bond acceptors (Lipinski definition) is 7. The van der Waals surface area contributed by atoms with E-state index in [1.807, 2.05) is 13.0 Å². The topological polar surface area (TPSA) is 110 Å². The molecule has 5 rings (SSSR count). The molecule has 0 radical (unpaired) electrons. The zero-order valence-electron chi connectivity index (χ0n) is 18.8. The Bertz CT molecular complexity index is 1600. The van der Waals surface area contributed by atoms with Gasteiger partial charge < -0.3 is 9.30 Å². The molecule has 0 saturated carbocycles. The minimum atomic E-state index is -4.02. The summed E-state index contributed by atoms with van der Waals surface area (Å²) in [5.41, 5.74) is 1.05. The summed E-state index contributed by atoms with van der Waals surface area (Å²) in [6, 6.07) is 12.9. The van der Waals surface area contributed by atoms with Gasteiger partial charge in [-0.15, -0.1) is 0 Å². The van der Waals surface area contributed by atoms with Crippen LogP contribution in [0.4, 0.5) is 0 Å². The Morgan fingerprint density at radius 3 is 2.50 bits per heavy atom. The van der Waals surface area contributed by atoms with E-state index >= 15 is 0 Å². The molecule has 0 atom stereocenters. The van der Waals surface area contributed by atoms with E-state index in [2.05, 4.69) is 4.90 Å². The number of rotatable bonds is 5. The summed E-state index contributed by atoms with van der Waals surface area (Å²) >= 11 is 0. The summed E-state index contributed by atoms with van der Waals surface area (Å²) in [7, 11) is -4.02. The predicted molar refractivity (Wildman–Crippen MR) is 127 cm³/mol.